The van der Waals surface area contributed by atoms with Crippen LogP contribution in [-0.2, 0) is 4.79 Å². The second-order valence-corrected chi connectivity index (χ2v) is 8.50. The van der Waals surface area contributed by atoms with Crippen LogP contribution in [0.4, 0.5) is 0 Å². The molecule has 1 nitrogen and oxygen atoms in total. The summed E-state index contributed by atoms with van der Waals surface area (Å²) in [6.07, 6.45) is 5.26. The van der Waals surface area contributed by atoms with Crippen molar-refractivity contribution in [3.63, 3.8) is 0 Å². The molecule has 2 unspecified atom stereocenters. The van der Waals surface area contributed by atoms with Gasteiger partial charge in [-0.3, -0.25) is 4.79 Å². The maximum atomic E-state index is 12.2. The summed E-state index contributed by atoms with van der Waals surface area (Å²) in [4.78, 5) is 12.2. The Balaban J connectivity index is 4.09. The van der Waals surface area contributed by atoms with Crippen LogP contribution >= 0.6 is 0 Å². The third-order valence-corrected chi connectivity index (χ3v) is 4.21. The average Bonchev–Trinajstić information content (AvgIpc) is 2.23. The van der Waals surface area contributed by atoms with Gasteiger partial charge in [-0.15, -0.1) is 0 Å². The largest absolute Gasteiger partial charge is 0.299 e. The molecule has 0 saturated carbocycles. The Bertz CT molecular complexity index is 270. The smallest absolute Gasteiger partial charge is 0.135 e. The summed E-state index contributed by atoms with van der Waals surface area (Å²) in [5, 5.41) is 0. The van der Waals surface area contributed by atoms with E-state index in [0.29, 0.717) is 17.1 Å². The van der Waals surface area contributed by atoms with Gasteiger partial charge < -0.3 is 0 Å². The van der Waals surface area contributed by atoms with Gasteiger partial charge in [0, 0.05) is 12.3 Å². The topological polar surface area (TPSA) is 17.1 Å². The van der Waals surface area contributed by atoms with Crippen LogP contribution in [0.5, 0.6) is 0 Å². The minimum atomic E-state index is 0.214. The molecule has 0 saturated heterocycles. The summed E-state index contributed by atoms with van der Waals surface area (Å²) in [5.74, 6) is 1.32. The molecule has 0 aromatic heterocycles. The van der Waals surface area contributed by atoms with Gasteiger partial charge in [0.1, 0.15) is 5.78 Å². The lowest BCUT2D eigenvalue weighted by atomic mass is 9.78. The number of rotatable bonds is 8. The molecule has 0 fully saturated rings. The minimum absolute atomic E-state index is 0.214. The average molecular weight is 268 g/mol. The number of carbonyl (C=O) groups excluding carboxylic acids is 1. The van der Waals surface area contributed by atoms with E-state index in [-0.39, 0.29) is 11.3 Å². The van der Waals surface area contributed by atoms with Crippen molar-refractivity contribution >= 4 is 5.78 Å². The van der Waals surface area contributed by atoms with E-state index < -0.39 is 0 Å². The molecule has 19 heavy (non-hydrogen) atoms. The van der Waals surface area contributed by atoms with Gasteiger partial charge in [0.25, 0.3) is 0 Å². The molecule has 0 aliphatic carbocycles. The molecule has 1 heteroatoms. The first-order chi connectivity index (χ1) is 8.47. The highest BCUT2D eigenvalue weighted by atomic mass is 16.1. The first-order valence-corrected chi connectivity index (χ1v) is 7.99. The highest BCUT2D eigenvalue weighted by molar-refractivity contribution is 5.80. The highest BCUT2D eigenvalue weighted by Gasteiger charge is 2.23. The fraction of sp³-hybridized carbons (Fsp3) is 0.944. The van der Waals surface area contributed by atoms with E-state index in [1.54, 1.807) is 0 Å². The third-order valence-electron chi connectivity index (χ3n) is 4.21. The van der Waals surface area contributed by atoms with Gasteiger partial charge in [-0.25, -0.2) is 0 Å². The lowest BCUT2D eigenvalue weighted by Gasteiger charge is -2.27. The predicted octanol–water partition coefficient (Wildman–Crippen LogP) is 5.87. The second-order valence-electron chi connectivity index (χ2n) is 8.50. The maximum absolute atomic E-state index is 12.2. The molecule has 0 aliphatic rings. The summed E-state index contributed by atoms with van der Waals surface area (Å²) >= 11 is 0. The molecule has 0 bridgehead atoms. The van der Waals surface area contributed by atoms with Gasteiger partial charge >= 0.3 is 0 Å². The van der Waals surface area contributed by atoms with Crippen molar-refractivity contribution in [2.45, 2.75) is 87.5 Å². The Hall–Kier alpha value is -0.330. The Labute approximate surface area is 121 Å². The second kappa shape index (κ2) is 7.45. The zero-order valence-electron chi connectivity index (χ0n) is 14.6. The van der Waals surface area contributed by atoms with Gasteiger partial charge in [-0.1, -0.05) is 61.8 Å². The molecule has 0 heterocycles. The monoisotopic (exact) mass is 268 g/mol. The van der Waals surface area contributed by atoms with E-state index in [1.807, 2.05) is 0 Å². The molecular formula is C18H36O. The van der Waals surface area contributed by atoms with E-state index in [2.05, 4.69) is 55.4 Å². The van der Waals surface area contributed by atoms with Gasteiger partial charge in [0.05, 0.1) is 0 Å². The van der Waals surface area contributed by atoms with Crippen molar-refractivity contribution in [3.8, 4) is 0 Å². The van der Waals surface area contributed by atoms with E-state index in [1.165, 1.54) is 12.8 Å². The van der Waals surface area contributed by atoms with E-state index in [9.17, 15) is 4.79 Å². The fourth-order valence-corrected chi connectivity index (χ4v) is 2.86. The molecule has 0 spiro atoms. The van der Waals surface area contributed by atoms with Crippen LogP contribution in [0.25, 0.3) is 0 Å². The molecule has 0 aliphatic heterocycles. The molecule has 0 rings (SSSR count). The predicted molar refractivity (Wildman–Crippen MR) is 85.3 cm³/mol. The SMILES string of the molecule is CCC(C)(C)CC(C)CCC(=O)C(C)CC(C)(C)C. The third kappa shape index (κ3) is 9.24. The van der Waals surface area contributed by atoms with Crippen molar-refractivity contribution in [1.29, 1.82) is 0 Å². The van der Waals surface area contributed by atoms with Crippen LogP contribution in [-0.4, -0.2) is 5.78 Å². The number of Topliss-reactive ketones (excluding diaryl/α,β-unsaturated/α-hetero) is 1. The number of hydrogen-bond donors (Lipinski definition) is 0. The van der Waals surface area contributed by atoms with Crippen LogP contribution in [0.1, 0.15) is 87.5 Å². The van der Waals surface area contributed by atoms with Crippen molar-refractivity contribution in [2.75, 3.05) is 0 Å². The Kier molecular flexibility index (Phi) is 7.32. The van der Waals surface area contributed by atoms with Crippen LogP contribution < -0.4 is 0 Å². The van der Waals surface area contributed by atoms with E-state index in [0.717, 1.165) is 19.3 Å². The van der Waals surface area contributed by atoms with E-state index >= 15 is 0 Å². The van der Waals surface area contributed by atoms with Gasteiger partial charge in [-0.05, 0) is 36.0 Å². The van der Waals surface area contributed by atoms with Gasteiger partial charge in [-0.2, -0.15) is 0 Å². The Morgan fingerprint density at radius 1 is 1.00 bits per heavy atom. The van der Waals surface area contributed by atoms with E-state index in [4.69, 9.17) is 0 Å². The first kappa shape index (κ1) is 18.7. The molecule has 114 valence electrons. The summed E-state index contributed by atoms with van der Waals surface area (Å²) < 4.78 is 0. The van der Waals surface area contributed by atoms with Crippen molar-refractivity contribution in [2.24, 2.45) is 22.7 Å². The lowest BCUT2D eigenvalue weighted by molar-refractivity contribution is -0.123. The summed E-state index contributed by atoms with van der Waals surface area (Å²) in [5.41, 5.74) is 0.671. The molecule has 0 radical (unpaired) electrons. The van der Waals surface area contributed by atoms with Crippen LogP contribution in [0.3, 0.4) is 0 Å². The first-order valence-electron chi connectivity index (χ1n) is 7.99. The standard InChI is InChI=1S/C18H36O/c1-9-18(7,8)12-14(2)10-11-16(19)15(3)13-17(4,5)6/h14-15H,9-13H2,1-8H3. The summed E-state index contributed by atoms with van der Waals surface area (Å²) in [7, 11) is 0. The highest BCUT2D eigenvalue weighted by Crippen LogP contribution is 2.31. The van der Waals surface area contributed by atoms with Crippen molar-refractivity contribution < 1.29 is 4.79 Å². The van der Waals surface area contributed by atoms with Crippen LogP contribution in [0, 0.1) is 22.7 Å². The number of ketones is 1. The zero-order chi connectivity index (χ0) is 15.3. The summed E-state index contributed by atoms with van der Waals surface area (Å²) in [6, 6.07) is 0. The van der Waals surface area contributed by atoms with Gasteiger partial charge in [0.15, 0.2) is 0 Å². The summed E-state index contributed by atoms with van der Waals surface area (Å²) in [6.45, 7) is 17.9. The maximum Gasteiger partial charge on any atom is 0.135 e. The molecule has 0 aromatic carbocycles. The van der Waals surface area contributed by atoms with Crippen molar-refractivity contribution in [3.05, 3.63) is 0 Å². The Morgan fingerprint density at radius 2 is 1.53 bits per heavy atom. The zero-order valence-corrected chi connectivity index (χ0v) is 14.6. The van der Waals surface area contributed by atoms with Crippen LogP contribution in [0.2, 0.25) is 0 Å². The van der Waals surface area contributed by atoms with Gasteiger partial charge in [0.2, 0.25) is 0 Å². The minimum Gasteiger partial charge on any atom is -0.299 e. The normalized spacial score (nSPS) is 16.2. The van der Waals surface area contributed by atoms with Crippen LogP contribution in [0.15, 0.2) is 0 Å². The Morgan fingerprint density at radius 3 is 1.95 bits per heavy atom. The van der Waals surface area contributed by atoms with Crippen molar-refractivity contribution in [1.82, 2.24) is 0 Å². The molecular weight excluding hydrogens is 232 g/mol. The number of carbonyl (C=O) groups is 1. The lowest BCUT2D eigenvalue weighted by Crippen LogP contribution is -2.20. The molecule has 2 atom stereocenters. The quantitative estimate of drug-likeness (QED) is 0.538. The molecule has 0 amide bonds. The number of hydrogen-bond acceptors (Lipinski definition) is 1. The molecule has 0 aromatic rings. The fourth-order valence-electron chi connectivity index (χ4n) is 2.86. The molecule has 0 N–H and O–H groups in total.